The van der Waals surface area contributed by atoms with E-state index in [0.29, 0.717) is 5.69 Å². The van der Waals surface area contributed by atoms with E-state index in [1.54, 1.807) is 19.1 Å². The average Bonchev–Trinajstić information content (AvgIpc) is 2.41. The van der Waals surface area contributed by atoms with E-state index in [1.165, 1.54) is 6.07 Å². The zero-order valence-corrected chi connectivity index (χ0v) is 12.5. The number of aryl methyl sites for hydroxylation is 1. The number of halogens is 2. The lowest BCUT2D eigenvalue weighted by molar-refractivity contribution is 0.281. The molecule has 2 rings (SSSR count). The van der Waals surface area contributed by atoms with E-state index in [0.717, 1.165) is 12.1 Å². The topological polar surface area (TPSA) is 79.3 Å². The van der Waals surface area contributed by atoms with Crippen LogP contribution < -0.4 is 4.72 Å². The summed E-state index contributed by atoms with van der Waals surface area (Å²) in [6, 6.07) is 6.73. The molecule has 1 aromatic carbocycles. The van der Waals surface area contributed by atoms with E-state index in [2.05, 4.69) is 9.71 Å². The Hall–Kier alpha value is -1.70. The lowest BCUT2D eigenvalue weighted by Crippen LogP contribution is -2.15. The Balaban J connectivity index is 2.42. The molecule has 0 unspecified atom stereocenters. The number of pyridine rings is 1. The summed E-state index contributed by atoms with van der Waals surface area (Å²) >= 11 is 5.63. The Morgan fingerprint density at radius 2 is 2.10 bits per heavy atom. The third-order valence-electron chi connectivity index (χ3n) is 2.68. The van der Waals surface area contributed by atoms with Gasteiger partial charge in [0.25, 0.3) is 10.0 Å². The Labute approximate surface area is 126 Å². The standard InChI is InChI=1S/C13H12ClFN2O3S/c1-8-3-2-4-12(16-8)17-21(19,20)10-5-9(7-18)13(14)11(15)6-10/h2-6,18H,7H2,1H3,(H,16,17). The number of aromatic nitrogens is 1. The van der Waals surface area contributed by atoms with Crippen LogP contribution in [0.4, 0.5) is 10.2 Å². The fourth-order valence-electron chi connectivity index (χ4n) is 1.69. The summed E-state index contributed by atoms with van der Waals surface area (Å²) in [5.41, 5.74) is 0.628. The molecule has 1 aromatic heterocycles. The number of sulfonamides is 1. The molecular weight excluding hydrogens is 319 g/mol. The van der Waals surface area contributed by atoms with Gasteiger partial charge < -0.3 is 5.11 Å². The van der Waals surface area contributed by atoms with Gasteiger partial charge in [-0.3, -0.25) is 4.72 Å². The molecule has 8 heteroatoms. The summed E-state index contributed by atoms with van der Waals surface area (Å²) in [6.45, 7) is 1.14. The number of aliphatic hydroxyl groups excluding tert-OH is 1. The molecule has 0 saturated carbocycles. The maximum atomic E-state index is 13.6. The van der Waals surface area contributed by atoms with E-state index < -0.39 is 22.4 Å². The van der Waals surface area contributed by atoms with Gasteiger partial charge in [-0.05, 0) is 31.2 Å². The molecule has 0 spiro atoms. The number of hydrogen-bond donors (Lipinski definition) is 2. The first-order valence-electron chi connectivity index (χ1n) is 5.89. The molecule has 0 aliphatic heterocycles. The van der Waals surface area contributed by atoms with Crippen molar-refractivity contribution in [1.82, 2.24) is 4.98 Å². The van der Waals surface area contributed by atoms with Crippen molar-refractivity contribution in [2.24, 2.45) is 0 Å². The van der Waals surface area contributed by atoms with Crippen LogP contribution in [0.5, 0.6) is 0 Å². The summed E-state index contributed by atoms with van der Waals surface area (Å²) in [5.74, 6) is -0.795. The maximum absolute atomic E-state index is 13.6. The van der Waals surface area contributed by atoms with Crippen LogP contribution in [0.1, 0.15) is 11.3 Å². The number of aliphatic hydroxyl groups is 1. The van der Waals surface area contributed by atoms with Gasteiger partial charge in [-0.2, -0.15) is 0 Å². The lowest BCUT2D eigenvalue weighted by atomic mass is 10.2. The molecule has 0 aliphatic carbocycles. The first kappa shape index (κ1) is 15.7. The average molecular weight is 331 g/mol. The molecule has 0 amide bonds. The normalized spacial score (nSPS) is 11.4. The van der Waals surface area contributed by atoms with Crippen LogP contribution in [0, 0.1) is 12.7 Å². The molecule has 2 aromatic rings. The van der Waals surface area contributed by atoms with Crippen molar-refractivity contribution in [2.45, 2.75) is 18.4 Å². The monoisotopic (exact) mass is 330 g/mol. The molecular formula is C13H12ClFN2O3S. The quantitative estimate of drug-likeness (QED) is 0.902. The van der Waals surface area contributed by atoms with Crippen molar-refractivity contribution in [1.29, 1.82) is 0 Å². The lowest BCUT2D eigenvalue weighted by Gasteiger charge is -2.10. The largest absolute Gasteiger partial charge is 0.392 e. The first-order chi connectivity index (χ1) is 9.83. The van der Waals surface area contributed by atoms with Gasteiger partial charge in [-0.25, -0.2) is 17.8 Å². The van der Waals surface area contributed by atoms with Gasteiger partial charge in [0.15, 0.2) is 0 Å². The van der Waals surface area contributed by atoms with E-state index in [1.807, 2.05) is 0 Å². The minimum atomic E-state index is -4.02. The molecule has 2 N–H and O–H groups in total. The fourth-order valence-corrected chi connectivity index (χ4v) is 2.92. The molecule has 112 valence electrons. The van der Waals surface area contributed by atoms with Crippen molar-refractivity contribution >= 4 is 27.4 Å². The smallest absolute Gasteiger partial charge is 0.263 e. The van der Waals surface area contributed by atoms with Gasteiger partial charge in [0.1, 0.15) is 11.6 Å². The first-order valence-corrected chi connectivity index (χ1v) is 7.75. The third kappa shape index (κ3) is 3.49. The SMILES string of the molecule is Cc1cccc(NS(=O)(=O)c2cc(F)c(Cl)c(CO)c2)n1. The second kappa shape index (κ2) is 5.97. The van der Waals surface area contributed by atoms with Crippen molar-refractivity contribution in [3.63, 3.8) is 0 Å². The Kier molecular flexibility index (Phi) is 4.46. The third-order valence-corrected chi connectivity index (χ3v) is 4.44. The summed E-state index contributed by atoms with van der Waals surface area (Å²) in [6.07, 6.45) is 0. The van der Waals surface area contributed by atoms with E-state index in [4.69, 9.17) is 16.7 Å². The van der Waals surface area contributed by atoms with Crippen molar-refractivity contribution < 1.29 is 17.9 Å². The summed E-state index contributed by atoms with van der Waals surface area (Å²) in [4.78, 5) is 3.67. The predicted molar refractivity (Wildman–Crippen MR) is 77.1 cm³/mol. The Bertz CT molecular complexity index is 781. The fraction of sp³-hybridized carbons (Fsp3) is 0.154. The highest BCUT2D eigenvalue weighted by atomic mass is 35.5. The molecule has 5 nitrogen and oxygen atoms in total. The highest BCUT2D eigenvalue weighted by molar-refractivity contribution is 7.92. The predicted octanol–water partition coefficient (Wildman–Crippen LogP) is 2.48. The molecule has 0 bridgehead atoms. The van der Waals surface area contributed by atoms with Crippen molar-refractivity contribution in [3.8, 4) is 0 Å². The van der Waals surface area contributed by atoms with Gasteiger partial charge in [0.2, 0.25) is 0 Å². The molecule has 1 heterocycles. The van der Waals surface area contributed by atoms with Crippen LogP contribution in [-0.4, -0.2) is 18.5 Å². The highest BCUT2D eigenvalue weighted by Crippen LogP contribution is 2.25. The minimum Gasteiger partial charge on any atom is -0.392 e. The van der Waals surface area contributed by atoms with Crippen LogP contribution in [0.25, 0.3) is 0 Å². The van der Waals surface area contributed by atoms with E-state index in [-0.39, 0.29) is 21.3 Å². The van der Waals surface area contributed by atoms with Crippen LogP contribution in [-0.2, 0) is 16.6 Å². The van der Waals surface area contributed by atoms with Gasteiger partial charge in [0, 0.05) is 11.3 Å². The molecule has 0 atom stereocenters. The number of hydrogen-bond acceptors (Lipinski definition) is 4. The van der Waals surface area contributed by atoms with Crippen molar-refractivity contribution in [2.75, 3.05) is 4.72 Å². The molecule has 0 fully saturated rings. The van der Waals surface area contributed by atoms with Gasteiger partial charge in [-0.1, -0.05) is 17.7 Å². The Morgan fingerprint density at radius 1 is 1.38 bits per heavy atom. The zero-order valence-electron chi connectivity index (χ0n) is 11.0. The van der Waals surface area contributed by atoms with Gasteiger partial charge in [0.05, 0.1) is 16.5 Å². The number of rotatable bonds is 4. The second-order valence-electron chi connectivity index (χ2n) is 4.31. The molecule has 0 saturated heterocycles. The number of nitrogens with zero attached hydrogens (tertiary/aromatic N) is 1. The second-order valence-corrected chi connectivity index (χ2v) is 6.37. The number of nitrogens with one attached hydrogen (secondary N) is 1. The van der Waals surface area contributed by atoms with Gasteiger partial charge >= 0.3 is 0 Å². The zero-order chi connectivity index (χ0) is 15.6. The number of anilines is 1. The van der Waals surface area contributed by atoms with Gasteiger partial charge in [-0.15, -0.1) is 0 Å². The summed E-state index contributed by atoms with van der Waals surface area (Å²) in [5, 5.41) is 8.78. The summed E-state index contributed by atoms with van der Waals surface area (Å²) < 4.78 is 40.3. The minimum absolute atomic E-state index is 0.00533. The van der Waals surface area contributed by atoms with Crippen LogP contribution in [0.3, 0.4) is 0 Å². The Morgan fingerprint density at radius 3 is 2.71 bits per heavy atom. The van der Waals surface area contributed by atoms with Crippen LogP contribution in [0.15, 0.2) is 35.2 Å². The van der Waals surface area contributed by atoms with Crippen LogP contribution in [0.2, 0.25) is 5.02 Å². The maximum Gasteiger partial charge on any atom is 0.263 e. The molecule has 0 aliphatic rings. The van der Waals surface area contributed by atoms with E-state index in [9.17, 15) is 12.8 Å². The molecule has 21 heavy (non-hydrogen) atoms. The van der Waals surface area contributed by atoms with Crippen molar-refractivity contribution in [3.05, 3.63) is 52.4 Å². The number of benzene rings is 1. The highest BCUT2D eigenvalue weighted by Gasteiger charge is 2.19. The summed E-state index contributed by atoms with van der Waals surface area (Å²) in [7, 11) is -4.02. The van der Waals surface area contributed by atoms with Crippen LogP contribution >= 0.6 is 11.6 Å². The molecule has 0 radical (unpaired) electrons. The van der Waals surface area contributed by atoms with E-state index >= 15 is 0 Å².